The Kier molecular flexibility index (Phi) is 3.67. The molecule has 0 aliphatic rings. The number of nitrogens with two attached hydrogens (primary N) is 1. The van der Waals surface area contributed by atoms with E-state index in [1.165, 1.54) is 0 Å². The Morgan fingerprint density at radius 2 is 1.94 bits per heavy atom. The Labute approximate surface area is 107 Å². The number of rotatable bonds is 4. The van der Waals surface area contributed by atoms with Crippen molar-refractivity contribution in [2.45, 2.75) is 13.3 Å². The van der Waals surface area contributed by atoms with Crippen molar-refractivity contribution in [3.63, 3.8) is 0 Å². The number of ether oxygens (including phenoxy) is 2. The van der Waals surface area contributed by atoms with E-state index < -0.39 is 0 Å². The predicted molar refractivity (Wildman–Crippen MR) is 72.3 cm³/mol. The van der Waals surface area contributed by atoms with Crippen LogP contribution in [0.4, 0.5) is 0 Å². The molecule has 96 valence electrons. The molecule has 2 N–H and O–H groups in total. The summed E-state index contributed by atoms with van der Waals surface area (Å²) in [5, 5.41) is 1.02. The highest BCUT2D eigenvalue weighted by molar-refractivity contribution is 5.87. The Morgan fingerprint density at radius 3 is 2.56 bits per heavy atom. The molecule has 0 saturated heterocycles. The maximum Gasteiger partial charge on any atom is 0.148 e. The summed E-state index contributed by atoms with van der Waals surface area (Å²) >= 11 is 0. The number of benzene rings is 1. The zero-order chi connectivity index (χ0) is 13.1. The average molecular weight is 246 g/mol. The van der Waals surface area contributed by atoms with Gasteiger partial charge in [-0.05, 0) is 31.2 Å². The molecule has 0 atom stereocenters. The van der Waals surface area contributed by atoms with E-state index >= 15 is 0 Å². The Morgan fingerprint density at radius 1 is 1.17 bits per heavy atom. The van der Waals surface area contributed by atoms with Gasteiger partial charge in [0.2, 0.25) is 0 Å². The number of nitrogens with zero attached hydrogens (tertiary/aromatic N) is 1. The number of fused-ring (bicyclic) bond motifs is 1. The molecule has 0 saturated carbocycles. The van der Waals surface area contributed by atoms with E-state index in [2.05, 4.69) is 11.1 Å². The second-order valence-corrected chi connectivity index (χ2v) is 4.19. The summed E-state index contributed by atoms with van der Waals surface area (Å²) < 4.78 is 10.6. The molecule has 1 heterocycles. The van der Waals surface area contributed by atoms with Gasteiger partial charge in [0.15, 0.2) is 0 Å². The number of aryl methyl sites for hydroxylation is 1. The second kappa shape index (κ2) is 5.23. The second-order valence-electron chi connectivity index (χ2n) is 4.19. The quantitative estimate of drug-likeness (QED) is 0.897. The summed E-state index contributed by atoms with van der Waals surface area (Å²) in [4.78, 5) is 4.65. The van der Waals surface area contributed by atoms with Crippen molar-refractivity contribution in [1.29, 1.82) is 0 Å². The van der Waals surface area contributed by atoms with Gasteiger partial charge in [0.25, 0.3) is 0 Å². The molecule has 0 fully saturated rings. The summed E-state index contributed by atoms with van der Waals surface area (Å²) in [5.41, 5.74) is 8.62. The monoisotopic (exact) mass is 246 g/mol. The summed E-state index contributed by atoms with van der Waals surface area (Å²) in [6.45, 7) is 2.64. The van der Waals surface area contributed by atoms with Crippen LogP contribution < -0.4 is 15.2 Å². The molecule has 2 aromatic rings. The maximum absolute atomic E-state index is 5.60. The van der Waals surface area contributed by atoms with E-state index in [9.17, 15) is 0 Å². The van der Waals surface area contributed by atoms with E-state index in [4.69, 9.17) is 15.2 Å². The molecule has 18 heavy (non-hydrogen) atoms. The van der Waals surface area contributed by atoms with Crippen LogP contribution in [-0.2, 0) is 6.42 Å². The van der Waals surface area contributed by atoms with Gasteiger partial charge in [0.05, 0.1) is 14.2 Å². The average Bonchev–Trinajstić information content (AvgIpc) is 2.38. The molecule has 0 spiro atoms. The van der Waals surface area contributed by atoms with Crippen LogP contribution in [0.2, 0.25) is 0 Å². The Balaban J connectivity index is 2.67. The fraction of sp³-hybridized carbons (Fsp3) is 0.357. The topological polar surface area (TPSA) is 57.4 Å². The normalized spacial score (nSPS) is 10.7. The van der Waals surface area contributed by atoms with Crippen LogP contribution in [-0.4, -0.2) is 25.7 Å². The molecule has 0 amide bonds. The highest BCUT2D eigenvalue weighted by Gasteiger charge is 2.09. The van der Waals surface area contributed by atoms with E-state index in [1.54, 1.807) is 14.2 Å². The van der Waals surface area contributed by atoms with E-state index in [-0.39, 0.29) is 0 Å². The lowest BCUT2D eigenvalue weighted by Gasteiger charge is -2.11. The summed E-state index contributed by atoms with van der Waals surface area (Å²) in [5.74, 6) is 1.50. The third-order valence-corrected chi connectivity index (χ3v) is 2.99. The van der Waals surface area contributed by atoms with Gasteiger partial charge in [-0.2, -0.15) is 0 Å². The van der Waals surface area contributed by atoms with E-state index in [0.29, 0.717) is 6.54 Å². The predicted octanol–water partition coefficient (Wildman–Crippen LogP) is 2.06. The molecule has 4 heteroatoms. The molecule has 2 rings (SSSR count). The minimum Gasteiger partial charge on any atom is -0.497 e. The van der Waals surface area contributed by atoms with Crippen molar-refractivity contribution in [3.05, 3.63) is 29.5 Å². The molecule has 1 aromatic carbocycles. The van der Waals surface area contributed by atoms with Crippen molar-refractivity contribution in [2.75, 3.05) is 20.8 Å². The third-order valence-electron chi connectivity index (χ3n) is 2.99. The van der Waals surface area contributed by atoms with Crippen LogP contribution in [0.5, 0.6) is 11.5 Å². The first-order valence-electron chi connectivity index (χ1n) is 5.92. The summed E-state index contributed by atoms with van der Waals surface area (Å²) in [6.07, 6.45) is 0.775. The van der Waals surface area contributed by atoms with Gasteiger partial charge in [0.1, 0.15) is 17.0 Å². The molecule has 0 aliphatic heterocycles. The number of hydrogen-bond donors (Lipinski definition) is 1. The number of hydrogen-bond acceptors (Lipinski definition) is 4. The van der Waals surface area contributed by atoms with Crippen LogP contribution in [0.3, 0.4) is 0 Å². The van der Waals surface area contributed by atoms with Crippen LogP contribution in [0.1, 0.15) is 11.3 Å². The van der Waals surface area contributed by atoms with Crippen molar-refractivity contribution < 1.29 is 9.47 Å². The molecule has 4 nitrogen and oxygen atoms in total. The molecule has 0 unspecified atom stereocenters. The largest absolute Gasteiger partial charge is 0.497 e. The molecule has 0 aliphatic carbocycles. The highest BCUT2D eigenvalue weighted by atomic mass is 16.5. The first kappa shape index (κ1) is 12.6. The van der Waals surface area contributed by atoms with Gasteiger partial charge in [-0.1, -0.05) is 0 Å². The lowest BCUT2D eigenvalue weighted by molar-refractivity contribution is 0.397. The standard InChI is InChI=1S/C14H18N2O2/c1-9-6-10-7-11(17-2)8-13(18-3)14(10)16-12(9)4-5-15/h6-8H,4-5,15H2,1-3H3. The van der Waals surface area contributed by atoms with Crippen molar-refractivity contribution in [2.24, 2.45) is 5.73 Å². The highest BCUT2D eigenvalue weighted by Crippen LogP contribution is 2.30. The van der Waals surface area contributed by atoms with Gasteiger partial charge in [-0.3, -0.25) is 0 Å². The zero-order valence-electron chi connectivity index (χ0n) is 11.0. The minimum atomic E-state index is 0.595. The van der Waals surface area contributed by atoms with Crippen LogP contribution in [0, 0.1) is 6.92 Å². The number of pyridine rings is 1. The lowest BCUT2D eigenvalue weighted by atomic mass is 10.1. The van der Waals surface area contributed by atoms with Crippen LogP contribution in [0.15, 0.2) is 18.2 Å². The Bertz CT molecular complexity index is 567. The fourth-order valence-corrected chi connectivity index (χ4v) is 2.04. The van der Waals surface area contributed by atoms with E-state index in [1.807, 2.05) is 19.1 Å². The fourth-order valence-electron chi connectivity index (χ4n) is 2.04. The first-order valence-corrected chi connectivity index (χ1v) is 5.92. The van der Waals surface area contributed by atoms with Gasteiger partial charge < -0.3 is 15.2 Å². The van der Waals surface area contributed by atoms with Gasteiger partial charge >= 0.3 is 0 Å². The Hall–Kier alpha value is -1.81. The molecular formula is C14H18N2O2. The van der Waals surface area contributed by atoms with Crippen molar-refractivity contribution >= 4 is 10.9 Å². The van der Waals surface area contributed by atoms with Crippen LogP contribution in [0.25, 0.3) is 10.9 Å². The number of aromatic nitrogens is 1. The summed E-state index contributed by atoms with van der Waals surface area (Å²) in [6, 6.07) is 5.90. The first-order chi connectivity index (χ1) is 8.69. The maximum atomic E-state index is 5.60. The molecule has 0 radical (unpaired) electrons. The lowest BCUT2D eigenvalue weighted by Crippen LogP contribution is -2.06. The smallest absolute Gasteiger partial charge is 0.148 e. The minimum absolute atomic E-state index is 0.595. The third kappa shape index (κ3) is 2.24. The number of methoxy groups -OCH3 is 2. The molecule has 1 aromatic heterocycles. The SMILES string of the molecule is COc1cc(OC)c2nc(CCN)c(C)cc2c1. The van der Waals surface area contributed by atoms with Crippen molar-refractivity contribution in [3.8, 4) is 11.5 Å². The van der Waals surface area contributed by atoms with Gasteiger partial charge in [-0.25, -0.2) is 4.98 Å². The molecular weight excluding hydrogens is 228 g/mol. The van der Waals surface area contributed by atoms with Gasteiger partial charge in [-0.15, -0.1) is 0 Å². The van der Waals surface area contributed by atoms with E-state index in [0.717, 1.165) is 40.1 Å². The van der Waals surface area contributed by atoms with Crippen molar-refractivity contribution in [1.82, 2.24) is 4.98 Å². The zero-order valence-corrected chi connectivity index (χ0v) is 11.0. The summed E-state index contributed by atoms with van der Waals surface area (Å²) in [7, 11) is 3.28. The molecule has 0 bridgehead atoms. The van der Waals surface area contributed by atoms with Crippen LogP contribution >= 0.6 is 0 Å². The van der Waals surface area contributed by atoms with Gasteiger partial charge in [0, 0.05) is 23.6 Å².